The Morgan fingerprint density at radius 1 is 1.05 bits per heavy atom. The Bertz CT molecular complexity index is 1660. The fraction of sp³-hybridized carbons (Fsp3) is 0.344. The first-order valence-corrected chi connectivity index (χ1v) is 15.6. The van der Waals surface area contributed by atoms with Gasteiger partial charge in [-0.3, -0.25) is 9.89 Å². The molecular formula is C32H38N4O7S. The van der Waals surface area contributed by atoms with Crippen molar-refractivity contribution in [3.63, 3.8) is 0 Å². The molecule has 1 amide bonds. The Morgan fingerprint density at radius 2 is 1.64 bits per heavy atom. The smallest absolute Gasteiger partial charge is 0.410 e. The molecule has 44 heavy (non-hydrogen) atoms. The zero-order chi connectivity index (χ0) is 32.2. The molecule has 0 saturated carbocycles. The maximum Gasteiger partial charge on any atom is 0.410 e. The molecule has 0 radical (unpaired) electrons. The van der Waals surface area contributed by atoms with E-state index in [0.29, 0.717) is 22.4 Å². The van der Waals surface area contributed by atoms with Gasteiger partial charge in [-0.05, 0) is 78.6 Å². The van der Waals surface area contributed by atoms with Crippen LogP contribution in [-0.2, 0) is 19.6 Å². The number of nitrogens with two attached hydrogens (primary N) is 1. The number of benzene rings is 3. The maximum absolute atomic E-state index is 13.1. The number of rotatable bonds is 11. The lowest BCUT2D eigenvalue weighted by Gasteiger charge is -2.25. The van der Waals surface area contributed by atoms with Crippen molar-refractivity contribution in [2.24, 2.45) is 10.7 Å². The molecule has 0 spiro atoms. The van der Waals surface area contributed by atoms with Crippen LogP contribution in [0.1, 0.15) is 46.6 Å². The number of aliphatic imine (C=N–C) groups is 1. The van der Waals surface area contributed by atoms with Crippen LogP contribution in [0.3, 0.4) is 0 Å². The lowest BCUT2D eigenvalue weighted by Crippen LogP contribution is -2.43. The minimum absolute atomic E-state index is 0.0380. The number of aliphatic carboxylic acids is 1. The number of sulfonamides is 1. The summed E-state index contributed by atoms with van der Waals surface area (Å²) in [7, 11) is -1.14. The number of guanidine groups is 1. The Hall–Kier alpha value is -4.58. The van der Waals surface area contributed by atoms with Crippen molar-refractivity contribution in [3.05, 3.63) is 82.4 Å². The molecule has 3 aromatic carbocycles. The first-order valence-electron chi connectivity index (χ1n) is 14.2. The molecule has 4 rings (SSSR count). The van der Waals surface area contributed by atoms with E-state index in [1.54, 1.807) is 26.8 Å². The van der Waals surface area contributed by atoms with E-state index in [0.717, 1.165) is 27.2 Å². The van der Waals surface area contributed by atoms with Crippen LogP contribution in [0.25, 0.3) is 11.1 Å². The molecule has 1 unspecified atom stereocenters. The van der Waals surface area contributed by atoms with Gasteiger partial charge in [-0.2, -0.15) is 0 Å². The summed E-state index contributed by atoms with van der Waals surface area (Å²) in [6, 6.07) is 16.3. The Kier molecular flexibility index (Phi) is 9.83. The topological polar surface area (TPSA) is 161 Å². The molecule has 4 N–H and O–H groups in total. The summed E-state index contributed by atoms with van der Waals surface area (Å²) in [6.45, 7) is 5.22. The lowest BCUT2D eigenvalue weighted by atomic mass is 9.98. The van der Waals surface area contributed by atoms with Crippen molar-refractivity contribution in [2.45, 2.75) is 50.5 Å². The number of hydrogen-bond acceptors (Lipinski definition) is 7. The molecule has 1 aliphatic carbocycles. The molecule has 0 aliphatic heterocycles. The highest BCUT2D eigenvalue weighted by Gasteiger charge is 2.32. The molecule has 0 fully saturated rings. The van der Waals surface area contributed by atoms with Crippen LogP contribution in [-0.4, -0.2) is 69.8 Å². The second-order valence-electron chi connectivity index (χ2n) is 10.8. The van der Waals surface area contributed by atoms with E-state index in [9.17, 15) is 23.1 Å². The van der Waals surface area contributed by atoms with Gasteiger partial charge in [0.25, 0.3) is 10.0 Å². The van der Waals surface area contributed by atoms with Crippen molar-refractivity contribution in [1.29, 1.82) is 0 Å². The van der Waals surface area contributed by atoms with Crippen LogP contribution >= 0.6 is 0 Å². The van der Waals surface area contributed by atoms with Crippen molar-refractivity contribution < 1.29 is 32.6 Å². The molecule has 234 valence electrons. The van der Waals surface area contributed by atoms with Crippen LogP contribution in [0.4, 0.5) is 4.79 Å². The van der Waals surface area contributed by atoms with Crippen molar-refractivity contribution in [3.8, 4) is 16.9 Å². The van der Waals surface area contributed by atoms with Crippen LogP contribution in [0, 0.1) is 20.8 Å². The number of carboxylic acid groups (broad SMARTS) is 1. The molecule has 1 atom stereocenters. The monoisotopic (exact) mass is 622 g/mol. The minimum atomic E-state index is -4.04. The standard InChI is InChI=1S/C32H38N4O7S/c1-19-17-28(42-5)20(2)21(3)29(19)44(40,41)35-31(33)34-16-10-15-27(30(37)38)36(4)32(39)43-18-26-24-13-8-6-11-22(24)23-12-7-9-14-25(23)26/h6-9,11-14,17,26-27H,10,15-16,18H2,1-5H3,(H,37,38)(H3,33,34,35). The summed E-state index contributed by atoms with van der Waals surface area (Å²) >= 11 is 0. The van der Waals surface area contributed by atoms with Crippen LogP contribution in [0.15, 0.2) is 64.5 Å². The summed E-state index contributed by atoms with van der Waals surface area (Å²) in [5, 5.41) is 9.82. The number of carboxylic acids is 1. The molecule has 1 aliphatic rings. The fourth-order valence-electron chi connectivity index (χ4n) is 5.66. The van der Waals surface area contributed by atoms with Crippen LogP contribution in [0.5, 0.6) is 5.75 Å². The zero-order valence-electron chi connectivity index (χ0n) is 25.5. The van der Waals surface area contributed by atoms with Crippen LogP contribution in [0.2, 0.25) is 0 Å². The number of carbonyl (C=O) groups is 2. The van der Waals surface area contributed by atoms with E-state index >= 15 is 0 Å². The van der Waals surface area contributed by atoms with Gasteiger partial charge in [-0.25, -0.2) is 22.7 Å². The predicted molar refractivity (Wildman–Crippen MR) is 168 cm³/mol. The quantitative estimate of drug-likeness (QED) is 0.162. The van der Waals surface area contributed by atoms with Gasteiger partial charge in [-0.1, -0.05) is 48.5 Å². The number of ether oxygens (including phenoxy) is 2. The van der Waals surface area contributed by atoms with Gasteiger partial charge < -0.3 is 20.3 Å². The largest absolute Gasteiger partial charge is 0.496 e. The zero-order valence-corrected chi connectivity index (χ0v) is 26.3. The van der Waals surface area contributed by atoms with Gasteiger partial charge in [0, 0.05) is 19.5 Å². The number of methoxy groups -OCH3 is 1. The van der Waals surface area contributed by atoms with Gasteiger partial charge in [0.05, 0.1) is 12.0 Å². The third-order valence-corrected chi connectivity index (χ3v) is 9.64. The number of hydrogen-bond donors (Lipinski definition) is 3. The van der Waals surface area contributed by atoms with Crippen molar-refractivity contribution in [1.82, 2.24) is 9.62 Å². The molecule has 3 aromatic rings. The number of nitrogens with one attached hydrogen (secondary N) is 1. The summed E-state index contributed by atoms with van der Waals surface area (Å²) in [5.41, 5.74) is 11.9. The average molecular weight is 623 g/mol. The Morgan fingerprint density at radius 3 is 2.20 bits per heavy atom. The van der Waals surface area contributed by atoms with Crippen LogP contribution < -0.4 is 15.2 Å². The molecule has 0 aromatic heterocycles. The van der Waals surface area contributed by atoms with E-state index in [2.05, 4.69) is 9.71 Å². The summed E-state index contributed by atoms with van der Waals surface area (Å²) in [6.07, 6.45) is -0.481. The highest BCUT2D eigenvalue weighted by Crippen LogP contribution is 2.44. The lowest BCUT2D eigenvalue weighted by molar-refractivity contribution is -0.142. The SMILES string of the molecule is COc1cc(C)c(S(=O)(=O)NC(N)=NCCCC(C(=O)O)N(C)C(=O)OCC2c3ccccc3-c3ccccc32)c(C)c1C. The third kappa shape index (κ3) is 6.65. The van der Waals surface area contributed by atoms with E-state index in [1.165, 1.54) is 14.2 Å². The van der Waals surface area contributed by atoms with Crippen molar-refractivity contribution in [2.75, 3.05) is 27.3 Å². The molecular weight excluding hydrogens is 584 g/mol. The summed E-state index contributed by atoms with van der Waals surface area (Å²) < 4.78 is 39.4. The van der Waals surface area contributed by atoms with E-state index in [-0.39, 0.29) is 42.8 Å². The number of aryl methyl sites for hydroxylation is 1. The Labute approximate surface area is 257 Å². The molecule has 0 saturated heterocycles. The first kappa shape index (κ1) is 32.3. The Balaban J connectivity index is 1.34. The van der Waals surface area contributed by atoms with E-state index < -0.39 is 28.1 Å². The number of likely N-dealkylation sites (N-methyl/N-ethyl adjacent to an activating group) is 1. The van der Waals surface area contributed by atoms with Gasteiger partial charge >= 0.3 is 12.1 Å². The number of carbonyl (C=O) groups excluding carboxylic acids is 1. The molecule has 0 heterocycles. The summed E-state index contributed by atoms with van der Waals surface area (Å²) in [4.78, 5) is 30.2. The molecule has 11 nitrogen and oxygen atoms in total. The second-order valence-corrected chi connectivity index (χ2v) is 12.4. The van der Waals surface area contributed by atoms with Gasteiger partial charge in [0.15, 0.2) is 0 Å². The van der Waals surface area contributed by atoms with Gasteiger partial charge in [-0.15, -0.1) is 0 Å². The second kappa shape index (κ2) is 13.4. The normalized spacial score (nSPS) is 13.5. The average Bonchev–Trinajstić information content (AvgIpc) is 3.30. The highest BCUT2D eigenvalue weighted by atomic mass is 32.2. The minimum Gasteiger partial charge on any atom is -0.496 e. The number of fused-ring (bicyclic) bond motifs is 3. The fourth-order valence-corrected chi connectivity index (χ4v) is 7.14. The maximum atomic E-state index is 13.1. The first-order chi connectivity index (χ1) is 20.9. The van der Waals surface area contributed by atoms with E-state index in [1.807, 2.05) is 48.5 Å². The van der Waals surface area contributed by atoms with Crippen molar-refractivity contribution >= 4 is 28.0 Å². The number of nitrogens with zero attached hydrogens (tertiary/aromatic N) is 2. The predicted octanol–water partition coefficient (Wildman–Crippen LogP) is 4.33. The van der Waals surface area contributed by atoms with Gasteiger partial charge in [0.2, 0.25) is 5.96 Å². The third-order valence-electron chi connectivity index (χ3n) is 8.00. The molecule has 0 bridgehead atoms. The summed E-state index contributed by atoms with van der Waals surface area (Å²) in [5.74, 6) is -1.09. The molecule has 12 heteroatoms. The van der Waals surface area contributed by atoms with E-state index in [4.69, 9.17) is 15.2 Å². The highest BCUT2D eigenvalue weighted by molar-refractivity contribution is 7.90. The van der Waals surface area contributed by atoms with Gasteiger partial charge in [0.1, 0.15) is 18.4 Å². The number of amides is 1.